The van der Waals surface area contributed by atoms with Gasteiger partial charge in [-0.3, -0.25) is 0 Å². The third-order valence-corrected chi connectivity index (χ3v) is 3.71. The highest BCUT2D eigenvalue weighted by atomic mass is 35.5. The van der Waals surface area contributed by atoms with Gasteiger partial charge < -0.3 is 5.32 Å². The molecule has 0 aromatic heterocycles. The first kappa shape index (κ1) is 17.5. The molecule has 0 aliphatic heterocycles. The van der Waals surface area contributed by atoms with Gasteiger partial charge in [-0.2, -0.15) is 0 Å². The van der Waals surface area contributed by atoms with Gasteiger partial charge in [0.05, 0.1) is 0 Å². The summed E-state index contributed by atoms with van der Waals surface area (Å²) in [4.78, 5) is 0. The van der Waals surface area contributed by atoms with E-state index in [0.717, 1.165) is 11.6 Å². The second-order valence-electron chi connectivity index (χ2n) is 7.98. The Kier molecular flexibility index (Phi) is 6.09. The summed E-state index contributed by atoms with van der Waals surface area (Å²) in [6.07, 6.45) is 2.43. The largest absolute Gasteiger partial charge is 0.311 e. The summed E-state index contributed by atoms with van der Waals surface area (Å²) in [7, 11) is 0. The standard InChI is InChI=1S/C18H30ClN/c1-17(2,3)12-11-15(13-20-18(4,5)6)14-7-9-16(19)10-8-14/h7-10,15,20H,11-13H2,1-6H3. The average molecular weight is 296 g/mol. The number of benzene rings is 1. The maximum atomic E-state index is 6.00. The predicted octanol–water partition coefficient (Wildman–Crippen LogP) is 5.64. The van der Waals surface area contributed by atoms with Crippen LogP contribution < -0.4 is 5.32 Å². The van der Waals surface area contributed by atoms with E-state index in [1.54, 1.807) is 0 Å². The van der Waals surface area contributed by atoms with Crippen LogP contribution in [0.25, 0.3) is 0 Å². The second-order valence-corrected chi connectivity index (χ2v) is 8.42. The van der Waals surface area contributed by atoms with Crippen LogP contribution in [0, 0.1) is 5.41 Å². The fourth-order valence-corrected chi connectivity index (χ4v) is 2.28. The van der Waals surface area contributed by atoms with Crippen LogP contribution in [0.3, 0.4) is 0 Å². The molecule has 0 heterocycles. The number of rotatable bonds is 5. The average Bonchev–Trinajstić information content (AvgIpc) is 2.28. The molecule has 0 amide bonds. The lowest BCUT2D eigenvalue weighted by atomic mass is 9.84. The molecular weight excluding hydrogens is 266 g/mol. The number of halogens is 1. The quantitative estimate of drug-likeness (QED) is 0.741. The maximum Gasteiger partial charge on any atom is 0.0406 e. The van der Waals surface area contributed by atoms with Gasteiger partial charge >= 0.3 is 0 Å². The van der Waals surface area contributed by atoms with Gasteiger partial charge in [-0.05, 0) is 62.6 Å². The van der Waals surface area contributed by atoms with Crippen LogP contribution in [0.4, 0.5) is 0 Å². The zero-order chi connectivity index (χ0) is 15.4. The van der Waals surface area contributed by atoms with Gasteiger partial charge in [0, 0.05) is 17.1 Å². The summed E-state index contributed by atoms with van der Waals surface area (Å²) in [5.74, 6) is 0.547. The van der Waals surface area contributed by atoms with Crippen molar-refractivity contribution in [2.45, 2.75) is 65.8 Å². The predicted molar refractivity (Wildman–Crippen MR) is 90.6 cm³/mol. The lowest BCUT2D eigenvalue weighted by Gasteiger charge is -2.28. The smallest absolute Gasteiger partial charge is 0.0406 e. The molecule has 1 unspecified atom stereocenters. The molecule has 0 saturated carbocycles. The fourth-order valence-electron chi connectivity index (χ4n) is 2.16. The zero-order valence-corrected chi connectivity index (χ0v) is 14.6. The highest BCUT2D eigenvalue weighted by Crippen LogP contribution is 2.29. The molecule has 1 N–H and O–H groups in total. The minimum atomic E-state index is 0.159. The molecule has 0 aliphatic carbocycles. The molecule has 1 atom stereocenters. The SMILES string of the molecule is CC(C)(C)CCC(CNC(C)(C)C)c1ccc(Cl)cc1. The van der Waals surface area contributed by atoms with Crippen LogP contribution in [0.1, 0.15) is 65.9 Å². The fraction of sp³-hybridized carbons (Fsp3) is 0.667. The van der Waals surface area contributed by atoms with E-state index in [1.807, 2.05) is 12.1 Å². The van der Waals surface area contributed by atoms with Crippen LogP contribution in [0.2, 0.25) is 5.02 Å². The molecule has 0 fully saturated rings. The van der Waals surface area contributed by atoms with Gasteiger partial charge in [0.1, 0.15) is 0 Å². The van der Waals surface area contributed by atoms with Crippen molar-refractivity contribution in [3.8, 4) is 0 Å². The van der Waals surface area contributed by atoms with Gasteiger partial charge in [-0.25, -0.2) is 0 Å². The third kappa shape index (κ3) is 7.31. The van der Waals surface area contributed by atoms with Gasteiger partial charge in [-0.1, -0.05) is 44.5 Å². The Labute approximate surface area is 130 Å². The Bertz CT molecular complexity index is 377. The topological polar surface area (TPSA) is 12.0 Å². The van der Waals surface area contributed by atoms with Crippen molar-refractivity contribution in [3.05, 3.63) is 34.9 Å². The molecule has 0 aliphatic rings. The first-order valence-corrected chi connectivity index (χ1v) is 7.95. The minimum absolute atomic E-state index is 0.159. The molecule has 114 valence electrons. The summed E-state index contributed by atoms with van der Waals surface area (Å²) >= 11 is 6.00. The van der Waals surface area contributed by atoms with Crippen molar-refractivity contribution in [2.24, 2.45) is 5.41 Å². The molecule has 2 heteroatoms. The summed E-state index contributed by atoms with van der Waals surface area (Å²) in [6.45, 7) is 14.6. The normalized spacial score (nSPS) is 14.3. The van der Waals surface area contributed by atoms with E-state index in [4.69, 9.17) is 11.6 Å². The van der Waals surface area contributed by atoms with Crippen molar-refractivity contribution >= 4 is 11.6 Å². The van der Waals surface area contributed by atoms with Gasteiger partial charge in [0.15, 0.2) is 0 Å². The molecular formula is C18H30ClN. The number of hydrogen-bond acceptors (Lipinski definition) is 1. The monoisotopic (exact) mass is 295 g/mol. The first-order valence-electron chi connectivity index (χ1n) is 7.57. The summed E-state index contributed by atoms with van der Waals surface area (Å²) in [5, 5.41) is 4.45. The molecule has 0 spiro atoms. The summed E-state index contributed by atoms with van der Waals surface area (Å²) in [5.41, 5.74) is 1.93. The molecule has 20 heavy (non-hydrogen) atoms. The molecule has 0 bridgehead atoms. The molecule has 1 rings (SSSR count). The van der Waals surface area contributed by atoms with Crippen LogP contribution >= 0.6 is 11.6 Å². The molecule has 1 aromatic rings. The van der Waals surface area contributed by atoms with Crippen molar-refractivity contribution in [1.82, 2.24) is 5.32 Å². The van der Waals surface area contributed by atoms with Crippen LogP contribution in [0.15, 0.2) is 24.3 Å². The molecule has 0 radical (unpaired) electrons. The van der Waals surface area contributed by atoms with Crippen LogP contribution in [0.5, 0.6) is 0 Å². The van der Waals surface area contributed by atoms with Crippen molar-refractivity contribution in [3.63, 3.8) is 0 Å². The highest BCUT2D eigenvalue weighted by Gasteiger charge is 2.19. The summed E-state index contributed by atoms with van der Waals surface area (Å²) in [6, 6.07) is 8.33. The van der Waals surface area contributed by atoms with Crippen LogP contribution in [-0.4, -0.2) is 12.1 Å². The Balaban J connectivity index is 2.75. The molecule has 1 nitrogen and oxygen atoms in total. The van der Waals surface area contributed by atoms with Crippen LogP contribution in [-0.2, 0) is 0 Å². The lowest BCUT2D eigenvalue weighted by molar-refractivity contribution is 0.330. The first-order chi connectivity index (χ1) is 9.07. The van der Waals surface area contributed by atoms with Crippen molar-refractivity contribution < 1.29 is 0 Å². The van der Waals surface area contributed by atoms with E-state index in [9.17, 15) is 0 Å². The number of hydrogen-bond donors (Lipinski definition) is 1. The third-order valence-electron chi connectivity index (χ3n) is 3.46. The van der Waals surface area contributed by atoms with E-state index in [-0.39, 0.29) is 5.54 Å². The second kappa shape index (κ2) is 6.95. The zero-order valence-electron chi connectivity index (χ0n) is 13.9. The Morgan fingerprint density at radius 3 is 2.00 bits per heavy atom. The van der Waals surface area contributed by atoms with Crippen molar-refractivity contribution in [2.75, 3.05) is 6.54 Å². The lowest BCUT2D eigenvalue weighted by Crippen LogP contribution is -2.38. The van der Waals surface area contributed by atoms with Crippen molar-refractivity contribution in [1.29, 1.82) is 0 Å². The van der Waals surface area contributed by atoms with E-state index in [1.165, 1.54) is 18.4 Å². The Hall–Kier alpha value is -0.530. The van der Waals surface area contributed by atoms with E-state index < -0.39 is 0 Å². The van der Waals surface area contributed by atoms with E-state index >= 15 is 0 Å². The Morgan fingerprint density at radius 2 is 1.55 bits per heavy atom. The molecule has 1 aromatic carbocycles. The van der Waals surface area contributed by atoms with E-state index in [0.29, 0.717) is 11.3 Å². The minimum Gasteiger partial charge on any atom is -0.311 e. The van der Waals surface area contributed by atoms with E-state index in [2.05, 4.69) is 59.0 Å². The Morgan fingerprint density at radius 1 is 1.00 bits per heavy atom. The van der Waals surface area contributed by atoms with Gasteiger partial charge in [0.25, 0.3) is 0 Å². The summed E-state index contributed by atoms with van der Waals surface area (Å²) < 4.78 is 0. The van der Waals surface area contributed by atoms with Gasteiger partial charge in [-0.15, -0.1) is 0 Å². The maximum absolute atomic E-state index is 6.00. The highest BCUT2D eigenvalue weighted by molar-refractivity contribution is 6.30. The molecule has 0 saturated heterocycles. The number of nitrogens with one attached hydrogen (secondary N) is 1. The van der Waals surface area contributed by atoms with Gasteiger partial charge in [0.2, 0.25) is 0 Å².